The van der Waals surface area contributed by atoms with Gasteiger partial charge in [-0.1, -0.05) is 0 Å². The quantitative estimate of drug-likeness (QED) is 0.681. The van der Waals surface area contributed by atoms with E-state index >= 15 is 0 Å². The maximum Gasteiger partial charge on any atom is 0.267 e. The van der Waals surface area contributed by atoms with Gasteiger partial charge in [-0.3, -0.25) is 9.59 Å². The molecule has 0 saturated carbocycles. The van der Waals surface area contributed by atoms with Crippen molar-refractivity contribution in [2.75, 3.05) is 6.54 Å². The fourth-order valence-electron chi connectivity index (χ4n) is 0.989. The van der Waals surface area contributed by atoms with Gasteiger partial charge in [0, 0.05) is 13.5 Å². The van der Waals surface area contributed by atoms with Gasteiger partial charge in [-0.15, -0.1) is 0 Å². The first-order valence-corrected chi connectivity index (χ1v) is 4.13. The van der Waals surface area contributed by atoms with Crippen LogP contribution in [-0.2, 0) is 0 Å². The molecule has 0 aliphatic carbocycles. The summed E-state index contributed by atoms with van der Waals surface area (Å²) in [6.07, 6.45) is 0. The predicted octanol–water partition coefficient (Wildman–Crippen LogP) is 0.967. The summed E-state index contributed by atoms with van der Waals surface area (Å²) >= 11 is 0. The van der Waals surface area contributed by atoms with Gasteiger partial charge in [0.2, 0.25) is 0 Å². The van der Waals surface area contributed by atoms with Crippen molar-refractivity contribution in [1.29, 1.82) is 0 Å². The first-order chi connectivity index (χ1) is 6.15. The van der Waals surface area contributed by atoms with E-state index < -0.39 is 0 Å². The number of Topliss-reactive ketones (excluding diaryl/α,β-unsaturated/α-hetero) is 1. The van der Waals surface area contributed by atoms with Crippen molar-refractivity contribution in [3.8, 4) is 0 Å². The lowest BCUT2D eigenvalue weighted by Crippen LogP contribution is -2.23. The van der Waals surface area contributed by atoms with E-state index in [1.807, 2.05) is 6.92 Å². The second-order valence-corrected chi connectivity index (χ2v) is 2.70. The second-order valence-electron chi connectivity index (χ2n) is 2.70. The van der Waals surface area contributed by atoms with Gasteiger partial charge in [-0.05, 0) is 19.1 Å². The number of hydrogen-bond donors (Lipinski definition) is 2. The maximum atomic E-state index is 11.2. The Labute approximate surface area is 76.3 Å². The molecule has 13 heavy (non-hydrogen) atoms. The number of rotatable bonds is 3. The highest BCUT2D eigenvalue weighted by Crippen LogP contribution is 2.02. The van der Waals surface area contributed by atoms with Crippen molar-refractivity contribution in [2.45, 2.75) is 13.8 Å². The molecule has 0 bridgehead atoms. The lowest BCUT2D eigenvalue weighted by Gasteiger charge is -1.97. The van der Waals surface area contributed by atoms with Crippen LogP contribution in [0.2, 0.25) is 0 Å². The number of ketones is 1. The minimum Gasteiger partial charge on any atom is -0.351 e. The molecule has 1 aromatic heterocycles. The van der Waals surface area contributed by atoms with Crippen LogP contribution in [0.4, 0.5) is 0 Å². The molecule has 0 spiro atoms. The van der Waals surface area contributed by atoms with Gasteiger partial charge in [0.25, 0.3) is 5.91 Å². The van der Waals surface area contributed by atoms with E-state index in [9.17, 15) is 9.59 Å². The summed E-state index contributed by atoms with van der Waals surface area (Å²) in [4.78, 5) is 24.8. The Kier molecular flexibility index (Phi) is 2.84. The second kappa shape index (κ2) is 3.89. The van der Waals surface area contributed by atoms with Crippen LogP contribution in [0.3, 0.4) is 0 Å². The van der Waals surface area contributed by atoms with E-state index in [4.69, 9.17) is 0 Å². The number of aromatic nitrogens is 1. The highest BCUT2D eigenvalue weighted by atomic mass is 16.2. The van der Waals surface area contributed by atoms with Crippen molar-refractivity contribution in [2.24, 2.45) is 0 Å². The molecule has 1 rings (SSSR count). The summed E-state index contributed by atoms with van der Waals surface area (Å²) in [6, 6.07) is 3.20. The Bertz CT molecular complexity index is 328. The summed E-state index contributed by atoms with van der Waals surface area (Å²) < 4.78 is 0. The van der Waals surface area contributed by atoms with E-state index in [0.717, 1.165) is 0 Å². The number of carbonyl (C=O) groups excluding carboxylic acids is 2. The third-order valence-electron chi connectivity index (χ3n) is 1.65. The molecule has 1 aromatic rings. The third-order valence-corrected chi connectivity index (χ3v) is 1.65. The van der Waals surface area contributed by atoms with E-state index in [1.54, 1.807) is 12.1 Å². The number of hydrogen-bond acceptors (Lipinski definition) is 2. The Morgan fingerprint density at radius 3 is 2.46 bits per heavy atom. The minimum atomic E-state index is -0.185. The molecule has 1 heterocycles. The van der Waals surface area contributed by atoms with Gasteiger partial charge in [0.15, 0.2) is 5.78 Å². The van der Waals surface area contributed by atoms with Crippen LogP contribution in [0.15, 0.2) is 12.1 Å². The van der Waals surface area contributed by atoms with Crippen molar-refractivity contribution >= 4 is 11.7 Å². The van der Waals surface area contributed by atoms with Gasteiger partial charge in [-0.25, -0.2) is 0 Å². The molecular weight excluding hydrogens is 168 g/mol. The Morgan fingerprint density at radius 2 is 2.00 bits per heavy atom. The summed E-state index contributed by atoms with van der Waals surface area (Å²) in [5, 5.41) is 2.63. The molecule has 4 nitrogen and oxygen atoms in total. The van der Waals surface area contributed by atoms with Crippen molar-refractivity contribution in [3.05, 3.63) is 23.5 Å². The number of nitrogens with one attached hydrogen (secondary N) is 2. The summed E-state index contributed by atoms with van der Waals surface area (Å²) in [7, 11) is 0. The van der Waals surface area contributed by atoms with Crippen molar-refractivity contribution in [1.82, 2.24) is 10.3 Å². The average Bonchev–Trinajstić information content (AvgIpc) is 2.52. The molecule has 0 saturated heterocycles. The van der Waals surface area contributed by atoms with Crippen LogP contribution >= 0.6 is 0 Å². The lowest BCUT2D eigenvalue weighted by atomic mass is 10.3. The minimum absolute atomic E-state index is 0.0736. The fourth-order valence-corrected chi connectivity index (χ4v) is 0.989. The van der Waals surface area contributed by atoms with Crippen LogP contribution < -0.4 is 5.32 Å². The topological polar surface area (TPSA) is 62.0 Å². The lowest BCUT2D eigenvalue weighted by molar-refractivity contribution is 0.0951. The average molecular weight is 180 g/mol. The fraction of sp³-hybridized carbons (Fsp3) is 0.333. The molecule has 4 heteroatoms. The number of carbonyl (C=O) groups is 2. The normalized spacial score (nSPS) is 9.69. The Balaban J connectivity index is 2.79. The van der Waals surface area contributed by atoms with E-state index in [-0.39, 0.29) is 11.7 Å². The standard InChI is InChI=1S/C9H12N2O2/c1-3-10-9(13)8-5-4-7(11-8)6(2)12/h4-5,11H,3H2,1-2H3,(H,10,13). The zero-order valence-electron chi connectivity index (χ0n) is 7.68. The molecule has 0 aromatic carbocycles. The molecule has 1 amide bonds. The van der Waals surface area contributed by atoms with Gasteiger partial charge in [0.05, 0.1) is 5.69 Å². The third kappa shape index (κ3) is 2.18. The molecule has 0 fully saturated rings. The van der Waals surface area contributed by atoms with Gasteiger partial charge >= 0.3 is 0 Å². The molecular formula is C9H12N2O2. The molecule has 0 aliphatic heterocycles. The SMILES string of the molecule is CCNC(=O)c1ccc(C(C)=O)[nH]1. The smallest absolute Gasteiger partial charge is 0.267 e. The molecule has 0 aliphatic rings. The van der Waals surface area contributed by atoms with Crippen LogP contribution in [0.5, 0.6) is 0 Å². The predicted molar refractivity (Wildman–Crippen MR) is 48.8 cm³/mol. The van der Waals surface area contributed by atoms with Crippen molar-refractivity contribution in [3.63, 3.8) is 0 Å². The molecule has 2 N–H and O–H groups in total. The zero-order chi connectivity index (χ0) is 9.84. The highest BCUT2D eigenvalue weighted by Gasteiger charge is 2.08. The summed E-state index contributed by atoms with van der Waals surface area (Å²) in [6.45, 7) is 3.87. The van der Waals surface area contributed by atoms with Crippen molar-refractivity contribution < 1.29 is 9.59 Å². The van der Waals surface area contributed by atoms with Crippen LogP contribution in [0.25, 0.3) is 0 Å². The van der Waals surface area contributed by atoms with E-state index in [0.29, 0.717) is 17.9 Å². The summed E-state index contributed by atoms with van der Waals surface area (Å²) in [5.74, 6) is -0.259. The van der Waals surface area contributed by atoms with E-state index in [2.05, 4.69) is 10.3 Å². The Morgan fingerprint density at radius 1 is 1.38 bits per heavy atom. The number of amides is 1. The molecule has 70 valence electrons. The zero-order valence-corrected chi connectivity index (χ0v) is 7.68. The van der Waals surface area contributed by atoms with Crippen LogP contribution in [0.1, 0.15) is 34.8 Å². The highest BCUT2D eigenvalue weighted by molar-refractivity contribution is 5.97. The number of H-pyrrole nitrogens is 1. The first kappa shape index (κ1) is 9.51. The van der Waals surface area contributed by atoms with Gasteiger partial charge in [-0.2, -0.15) is 0 Å². The molecule has 0 radical (unpaired) electrons. The maximum absolute atomic E-state index is 11.2. The van der Waals surface area contributed by atoms with Gasteiger partial charge < -0.3 is 10.3 Å². The van der Waals surface area contributed by atoms with E-state index in [1.165, 1.54) is 6.92 Å². The largest absolute Gasteiger partial charge is 0.351 e. The summed E-state index contributed by atoms with van der Waals surface area (Å²) in [5.41, 5.74) is 0.883. The monoisotopic (exact) mass is 180 g/mol. The first-order valence-electron chi connectivity index (χ1n) is 4.13. The van der Waals surface area contributed by atoms with Crippen LogP contribution in [-0.4, -0.2) is 23.2 Å². The number of aromatic amines is 1. The van der Waals surface area contributed by atoms with Crippen LogP contribution in [0, 0.1) is 0 Å². The Hall–Kier alpha value is -1.58. The molecule has 0 atom stereocenters. The van der Waals surface area contributed by atoms with Gasteiger partial charge in [0.1, 0.15) is 5.69 Å². The molecule has 0 unspecified atom stereocenters.